The molecule has 3 heterocycles. The number of carbonyl (C=O) groups excluding carboxylic acids is 3. The lowest BCUT2D eigenvalue weighted by atomic mass is 9.77. The Bertz CT molecular complexity index is 866. The maximum absolute atomic E-state index is 12.7. The highest BCUT2D eigenvalue weighted by Crippen LogP contribution is 2.38. The molecule has 0 bridgehead atoms. The summed E-state index contributed by atoms with van der Waals surface area (Å²) in [5, 5.41) is 5.67. The number of likely N-dealkylation sites (tertiary alicyclic amines) is 1. The zero-order valence-corrected chi connectivity index (χ0v) is 15.0. The normalized spacial score (nSPS) is 18.4. The number of aromatic amines is 1. The Balaban J connectivity index is 1.38. The molecule has 0 atom stereocenters. The van der Waals surface area contributed by atoms with Crippen LogP contribution in [0, 0.1) is 5.41 Å². The Morgan fingerprint density at radius 2 is 1.74 bits per heavy atom. The lowest BCUT2D eigenvalue weighted by molar-refractivity contribution is -0.129. The summed E-state index contributed by atoms with van der Waals surface area (Å²) in [4.78, 5) is 41.7. The van der Waals surface area contributed by atoms with Gasteiger partial charge in [0.2, 0.25) is 5.91 Å². The highest BCUT2D eigenvalue weighted by atomic mass is 16.2. The fourth-order valence-electron chi connectivity index (χ4n) is 3.88. The van der Waals surface area contributed by atoms with Crippen molar-refractivity contribution < 1.29 is 14.4 Å². The molecule has 1 aromatic carbocycles. The number of hydrogen-bond donors (Lipinski definition) is 3. The van der Waals surface area contributed by atoms with Crippen LogP contribution in [-0.4, -0.2) is 47.2 Å². The molecule has 7 nitrogen and oxygen atoms in total. The zero-order valence-electron chi connectivity index (χ0n) is 15.0. The number of carbonyl (C=O) groups is 3. The molecule has 0 radical (unpaired) electrons. The number of anilines is 1. The SMILES string of the molecule is O=C(Nc1ccc(C(=O)N2CCC3(CCNC3=O)CC2)[nH]1)c1ccccc1. The molecule has 0 aliphatic carbocycles. The average Bonchev–Trinajstić information content (AvgIpc) is 3.30. The minimum Gasteiger partial charge on any atom is -0.356 e. The van der Waals surface area contributed by atoms with E-state index < -0.39 is 0 Å². The van der Waals surface area contributed by atoms with Crippen LogP contribution < -0.4 is 10.6 Å². The van der Waals surface area contributed by atoms with Crippen molar-refractivity contribution in [1.29, 1.82) is 0 Å². The Morgan fingerprint density at radius 1 is 1.00 bits per heavy atom. The lowest BCUT2D eigenvalue weighted by Gasteiger charge is -2.37. The number of H-pyrrole nitrogens is 1. The van der Waals surface area contributed by atoms with Crippen LogP contribution in [0.25, 0.3) is 0 Å². The molecule has 1 aromatic heterocycles. The molecule has 3 amide bonds. The third-order valence-electron chi connectivity index (χ3n) is 5.58. The van der Waals surface area contributed by atoms with Gasteiger partial charge >= 0.3 is 0 Å². The van der Waals surface area contributed by atoms with Crippen molar-refractivity contribution in [3.8, 4) is 0 Å². The van der Waals surface area contributed by atoms with Gasteiger partial charge < -0.3 is 20.5 Å². The first kappa shape index (κ1) is 17.3. The summed E-state index contributed by atoms with van der Waals surface area (Å²) in [7, 11) is 0. The highest BCUT2D eigenvalue weighted by molar-refractivity contribution is 6.04. The van der Waals surface area contributed by atoms with Crippen LogP contribution in [-0.2, 0) is 4.79 Å². The van der Waals surface area contributed by atoms with E-state index >= 15 is 0 Å². The van der Waals surface area contributed by atoms with Gasteiger partial charge in [-0.25, -0.2) is 0 Å². The van der Waals surface area contributed by atoms with Crippen molar-refractivity contribution >= 4 is 23.5 Å². The number of hydrogen-bond acceptors (Lipinski definition) is 3. The van der Waals surface area contributed by atoms with Crippen LogP contribution in [0.3, 0.4) is 0 Å². The molecule has 2 saturated heterocycles. The molecule has 7 heteroatoms. The molecule has 140 valence electrons. The van der Waals surface area contributed by atoms with Crippen LogP contribution >= 0.6 is 0 Å². The van der Waals surface area contributed by atoms with Crippen LogP contribution in [0.5, 0.6) is 0 Å². The number of benzene rings is 1. The molecule has 2 fully saturated rings. The van der Waals surface area contributed by atoms with E-state index in [1.165, 1.54) is 0 Å². The van der Waals surface area contributed by atoms with Gasteiger partial charge in [-0.1, -0.05) is 18.2 Å². The second-order valence-corrected chi connectivity index (χ2v) is 7.18. The van der Waals surface area contributed by atoms with Crippen LogP contribution in [0.4, 0.5) is 5.82 Å². The summed E-state index contributed by atoms with van der Waals surface area (Å²) in [5.74, 6) is 0.267. The van der Waals surface area contributed by atoms with E-state index in [0.717, 1.165) is 13.0 Å². The molecule has 2 aromatic rings. The van der Waals surface area contributed by atoms with E-state index in [0.29, 0.717) is 43.0 Å². The van der Waals surface area contributed by atoms with Crippen LogP contribution in [0.15, 0.2) is 42.5 Å². The van der Waals surface area contributed by atoms with E-state index in [1.54, 1.807) is 41.3 Å². The standard InChI is InChI=1S/C20H22N4O3/c25-17(14-4-2-1-3-5-14)23-16-7-6-15(22-16)18(26)24-12-9-20(10-13-24)8-11-21-19(20)27/h1-7,22H,8-13H2,(H,21,27)(H,23,25). The van der Waals surface area contributed by atoms with Gasteiger partial charge in [-0.15, -0.1) is 0 Å². The summed E-state index contributed by atoms with van der Waals surface area (Å²) >= 11 is 0. The predicted octanol–water partition coefficient (Wildman–Crippen LogP) is 2.01. The molecular weight excluding hydrogens is 344 g/mol. The van der Waals surface area contributed by atoms with Gasteiger partial charge in [-0.2, -0.15) is 0 Å². The third kappa shape index (κ3) is 3.32. The molecule has 2 aliphatic heterocycles. The number of nitrogens with one attached hydrogen (secondary N) is 3. The molecular formula is C20H22N4O3. The molecule has 4 rings (SSSR count). The molecule has 2 aliphatic rings. The smallest absolute Gasteiger partial charge is 0.270 e. The van der Waals surface area contributed by atoms with E-state index in [1.807, 2.05) is 6.07 Å². The van der Waals surface area contributed by atoms with Crippen molar-refractivity contribution in [3.63, 3.8) is 0 Å². The quantitative estimate of drug-likeness (QED) is 0.776. The Labute approximate surface area is 157 Å². The number of piperidine rings is 1. The summed E-state index contributed by atoms with van der Waals surface area (Å²) in [6, 6.07) is 12.3. The third-order valence-corrected chi connectivity index (χ3v) is 5.58. The molecule has 0 saturated carbocycles. The molecule has 27 heavy (non-hydrogen) atoms. The Kier molecular flexibility index (Phi) is 4.43. The Hall–Kier alpha value is -3.09. The second-order valence-electron chi connectivity index (χ2n) is 7.18. The van der Waals surface area contributed by atoms with Crippen LogP contribution in [0.2, 0.25) is 0 Å². The highest BCUT2D eigenvalue weighted by Gasteiger charge is 2.45. The first-order chi connectivity index (χ1) is 13.1. The second kappa shape index (κ2) is 6.90. The van der Waals surface area contributed by atoms with Crippen molar-refractivity contribution in [2.75, 3.05) is 25.0 Å². The maximum atomic E-state index is 12.7. The molecule has 3 N–H and O–H groups in total. The summed E-state index contributed by atoms with van der Waals surface area (Å²) in [6.07, 6.45) is 2.25. The monoisotopic (exact) mass is 366 g/mol. The van der Waals surface area contributed by atoms with Gasteiger partial charge in [0.1, 0.15) is 11.5 Å². The van der Waals surface area contributed by atoms with E-state index in [2.05, 4.69) is 15.6 Å². The molecule has 0 unspecified atom stereocenters. The first-order valence-corrected chi connectivity index (χ1v) is 9.20. The number of amides is 3. The van der Waals surface area contributed by atoms with Crippen molar-refractivity contribution in [1.82, 2.24) is 15.2 Å². The topological polar surface area (TPSA) is 94.3 Å². The van der Waals surface area contributed by atoms with E-state index in [4.69, 9.17) is 0 Å². The van der Waals surface area contributed by atoms with E-state index in [-0.39, 0.29) is 23.1 Å². The van der Waals surface area contributed by atoms with Gasteiger partial charge in [-0.3, -0.25) is 14.4 Å². The minimum atomic E-state index is -0.290. The van der Waals surface area contributed by atoms with Gasteiger partial charge in [0.25, 0.3) is 11.8 Å². The van der Waals surface area contributed by atoms with Gasteiger partial charge in [0.05, 0.1) is 5.41 Å². The number of aromatic nitrogens is 1. The van der Waals surface area contributed by atoms with Gasteiger partial charge in [-0.05, 0) is 43.5 Å². The fourth-order valence-corrected chi connectivity index (χ4v) is 3.88. The first-order valence-electron chi connectivity index (χ1n) is 9.20. The Morgan fingerprint density at radius 3 is 2.41 bits per heavy atom. The average molecular weight is 366 g/mol. The number of nitrogens with zero attached hydrogens (tertiary/aromatic N) is 1. The zero-order chi connectivity index (χ0) is 18.9. The lowest BCUT2D eigenvalue weighted by Crippen LogP contribution is -2.46. The van der Waals surface area contributed by atoms with Gasteiger partial charge in [0, 0.05) is 25.2 Å². The minimum absolute atomic E-state index is 0.108. The van der Waals surface area contributed by atoms with E-state index in [9.17, 15) is 14.4 Å². The maximum Gasteiger partial charge on any atom is 0.270 e. The van der Waals surface area contributed by atoms with Crippen molar-refractivity contribution in [3.05, 3.63) is 53.7 Å². The van der Waals surface area contributed by atoms with Crippen molar-refractivity contribution in [2.45, 2.75) is 19.3 Å². The summed E-state index contributed by atoms with van der Waals surface area (Å²) < 4.78 is 0. The van der Waals surface area contributed by atoms with Gasteiger partial charge in [0.15, 0.2) is 0 Å². The summed E-state index contributed by atoms with van der Waals surface area (Å²) in [6.45, 7) is 1.86. The number of rotatable bonds is 3. The summed E-state index contributed by atoms with van der Waals surface area (Å²) in [5.41, 5.74) is 0.697. The fraction of sp³-hybridized carbons (Fsp3) is 0.350. The van der Waals surface area contributed by atoms with Crippen molar-refractivity contribution in [2.24, 2.45) is 5.41 Å². The molecule has 1 spiro atoms. The largest absolute Gasteiger partial charge is 0.356 e. The predicted molar refractivity (Wildman–Crippen MR) is 100 cm³/mol. The van der Waals surface area contributed by atoms with Crippen LogP contribution in [0.1, 0.15) is 40.1 Å².